The minimum atomic E-state index is -0.198. The number of nitrogens with zero attached hydrogens (tertiary/aromatic N) is 1. The van der Waals surface area contributed by atoms with Gasteiger partial charge in [-0.25, -0.2) is 4.98 Å². The zero-order chi connectivity index (χ0) is 14.9. The van der Waals surface area contributed by atoms with E-state index in [0.29, 0.717) is 22.3 Å². The Balaban J connectivity index is 2.13. The van der Waals surface area contributed by atoms with Crippen LogP contribution in [0, 0.1) is 11.3 Å². The molecule has 0 saturated heterocycles. The van der Waals surface area contributed by atoms with Crippen molar-refractivity contribution in [2.75, 3.05) is 5.32 Å². The molecule has 0 bridgehead atoms. The lowest BCUT2D eigenvalue weighted by atomic mass is 9.78. The molecule has 0 aliphatic heterocycles. The summed E-state index contributed by atoms with van der Waals surface area (Å²) in [6.07, 6.45) is 4.67. The molecule has 0 aromatic carbocycles. The Hall–Kier alpha value is -1.49. The van der Waals surface area contributed by atoms with E-state index in [1.54, 1.807) is 0 Å². The molecule has 2 rings (SSSR count). The number of carbonyl (C=O) groups is 2. The van der Waals surface area contributed by atoms with Gasteiger partial charge < -0.3 is 0 Å². The van der Waals surface area contributed by atoms with Crippen LogP contribution in [0.2, 0.25) is 0 Å². The molecule has 1 heterocycles. The molecule has 1 aliphatic rings. The van der Waals surface area contributed by atoms with Crippen molar-refractivity contribution in [2.45, 2.75) is 40.5 Å². The summed E-state index contributed by atoms with van der Waals surface area (Å²) >= 11 is 1.28. The van der Waals surface area contributed by atoms with Gasteiger partial charge in [0.1, 0.15) is 0 Å². The second-order valence-electron chi connectivity index (χ2n) is 6.33. The Kier molecular flexibility index (Phi) is 4.09. The number of fused-ring (bicyclic) bond motifs is 1. The smallest absolute Gasteiger partial charge is 0.249 e. The molecule has 0 fully saturated rings. The van der Waals surface area contributed by atoms with E-state index >= 15 is 0 Å². The van der Waals surface area contributed by atoms with E-state index < -0.39 is 0 Å². The van der Waals surface area contributed by atoms with E-state index in [9.17, 15) is 9.59 Å². The zero-order valence-electron chi connectivity index (χ0n) is 12.3. The van der Waals surface area contributed by atoms with Crippen LogP contribution < -0.4 is 5.32 Å². The van der Waals surface area contributed by atoms with Crippen LogP contribution in [0.4, 0.5) is 5.13 Å². The van der Waals surface area contributed by atoms with Crippen LogP contribution >= 0.6 is 11.3 Å². The van der Waals surface area contributed by atoms with Crippen LogP contribution in [0.15, 0.2) is 12.2 Å². The van der Waals surface area contributed by atoms with Gasteiger partial charge in [-0.1, -0.05) is 45.1 Å². The first-order valence-electron chi connectivity index (χ1n) is 6.79. The highest BCUT2D eigenvalue weighted by Gasteiger charge is 2.33. The van der Waals surface area contributed by atoms with Crippen molar-refractivity contribution in [2.24, 2.45) is 11.3 Å². The monoisotopic (exact) mass is 292 g/mol. The normalized spacial score (nSPS) is 17.6. The van der Waals surface area contributed by atoms with Gasteiger partial charge in [-0.05, 0) is 23.8 Å². The van der Waals surface area contributed by atoms with Gasteiger partial charge in [0.25, 0.3) is 0 Å². The average Bonchev–Trinajstić information content (AvgIpc) is 2.67. The fourth-order valence-corrected chi connectivity index (χ4v) is 3.12. The van der Waals surface area contributed by atoms with Gasteiger partial charge in [-0.15, -0.1) is 0 Å². The number of aromatic nitrogens is 1. The standard InChI is InChI=1S/C15H20N2O2S/c1-9(2)5-6-12(19)17-14-16-10-7-15(3,4)8-11(18)13(10)20-14/h5-6,9H,7-8H2,1-4H3,(H,16,17,19). The van der Waals surface area contributed by atoms with Crippen molar-refractivity contribution < 1.29 is 9.59 Å². The number of nitrogens with one attached hydrogen (secondary N) is 1. The fourth-order valence-electron chi connectivity index (χ4n) is 2.20. The van der Waals surface area contributed by atoms with Gasteiger partial charge in [0.2, 0.25) is 5.91 Å². The van der Waals surface area contributed by atoms with E-state index in [1.807, 2.05) is 19.9 Å². The lowest BCUT2D eigenvalue weighted by Gasteiger charge is -2.26. The maximum Gasteiger partial charge on any atom is 0.249 e. The summed E-state index contributed by atoms with van der Waals surface area (Å²) < 4.78 is 0. The molecule has 1 N–H and O–H groups in total. The molecular formula is C15H20N2O2S. The maximum atomic E-state index is 12.1. The number of rotatable bonds is 3. The van der Waals surface area contributed by atoms with E-state index in [-0.39, 0.29) is 17.1 Å². The van der Waals surface area contributed by atoms with Crippen molar-refractivity contribution in [1.29, 1.82) is 0 Å². The van der Waals surface area contributed by atoms with Crippen molar-refractivity contribution in [1.82, 2.24) is 4.98 Å². The number of hydrogen-bond acceptors (Lipinski definition) is 4. The van der Waals surface area contributed by atoms with Crippen LogP contribution in [0.25, 0.3) is 0 Å². The van der Waals surface area contributed by atoms with Gasteiger partial charge in [-0.2, -0.15) is 0 Å². The number of amides is 1. The Morgan fingerprint density at radius 2 is 2.10 bits per heavy atom. The molecule has 1 amide bonds. The summed E-state index contributed by atoms with van der Waals surface area (Å²) in [5.41, 5.74) is 0.774. The summed E-state index contributed by atoms with van der Waals surface area (Å²) in [6, 6.07) is 0. The minimum Gasteiger partial charge on any atom is -0.298 e. The maximum absolute atomic E-state index is 12.1. The lowest BCUT2D eigenvalue weighted by molar-refractivity contribution is -0.111. The average molecular weight is 292 g/mol. The van der Waals surface area contributed by atoms with Gasteiger partial charge in [0.15, 0.2) is 10.9 Å². The predicted octanol–water partition coefficient (Wildman–Crippen LogP) is 3.45. The predicted molar refractivity (Wildman–Crippen MR) is 81.2 cm³/mol. The summed E-state index contributed by atoms with van der Waals surface area (Å²) in [5.74, 6) is 0.260. The first-order chi connectivity index (χ1) is 9.27. The molecule has 0 radical (unpaired) electrons. The van der Waals surface area contributed by atoms with Gasteiger partial charge >= 0.3 is 0 Å². The Labute approximate surface area is 123 Å². The molecular weight excluding hydrogens is 272 g/mol. The van der Waals surface area contributed by atoms with Crippen LogP contribution in [0.5, 0.6) is 0 Å². The highest BCUT2D eigenvalue weighted by molar-refractivity contribution is 7.17. The van der Waals surface area contributed by atoms with E-state index in [1.165, 1.54) is 17.4 Å². The van der Waals surface area contributed by atoms with Crippen LogP contribution in [0.1, 0.15) is 49.5 Å². The minimum absolute atomic E-state index is 0.0447. The Morgan fingerprint density at radius 1 is 1.40 bits per heavy atom. The molecule has 1 aromatic heterocycles. The third-order valence-electron chi connectivity index (χ3n) is 3.10. The fraction of sp³-hybridized carbons (Fsp3) is 0.533. The van der Waals surface area contributed by atoms with Crippen LogP contribution in [-0.4, -0.2) is 16.7 Å². The first-order valence-corrected chi connectivity index (χ1v) is 7.60. The second kappa shape index (κ2) is 5.48. The summed E-state index contributed by atoms with van der Waals surface area (Å²) in [4.78, 5) is 28.9. The molecule has 0 saturated carbocycles. The number of Topliss-reactive ketones (excluding diaryl/α,β-unsaturated/α-hetero) is 1. The largest absolute Gasteiger partial charge is 0.298 e. The molecule has 0 unspecified atom stereocenters. The molecule has 20 heavy (non-hydrogen) atoms. The molecule has 108 valence electrons. The topological polar surface area (TPSA) is 59.1 Å². The molecule has 1 aromatic rings. The van der Waals surface area contributed by atoms with Crippen LogP contribution in [-0.2, 0) is 11.2 Å². The lowest BCUT2D eigenvalue weighted by Crippen LogP contribution is -2.26. The van der Waals surface area contributed by atoms with E-state index in [2.05, 4.69) is 24.1 Å². The Morgan fingerprint density at radius 3 is 2.75 bits per heavy atom. The third-order valence-corrected chi connectivity index (χ3v) is 4.15. The molecule has 0 spiro atoms. The third kappa shape index (κ3) is 3.54. The number of thiazole rings is 1. The van der Waals surface area contributed by atoms with Crippen molar-refractivity contribution in [3.05, 3.63) is 22.7 Å². The van der Waals surface area contributed by atoms with Crippen LogP contribution in [0.3, 0.4) is 0 Å². The second-order valence-corrected chi connectivity index (χ2v) is 7.33. The SMILES string of the molecule is CC(C)C=CC(=O)Nc1nc2c(s1)C(=O)CC(C)(C)C2. The first kappa shape index (κ1) is 14.9. The zero-order valence-corrected chi connectivity index (χ0v) is 13.1. The number of ketones is 1. The molecule has 4 nitrogen and oxygen atoms in total. The molecule has 5 heteroatoms. The van der Waals surface area contributed by atoms with Gasteiger partial charge in [-0.3, -0.25) is 14.9 Å². The molecule has 1 aliphatic carbocycles. The van der Waals surface area contributed by atoms with E-state index in [0.717, 1.165) is 12.1 Å². The highest BCUT2D eigenvalue weighted by atomic mass is 32.1. The number of allylic oxidation sites excluding steroid dienone is 1. The Bertz CT molecular complexity index is 570. The summed E-state index contributed by atoms with van der Waals surface area (Å²) in [7, 11) is 0. The van der Waals surface area contributed by atoms with Crippen molar-refractivity contribution in [3.63, 3.8) is 0 Å². The van der Waals surface area contributed by atoms with Crippen molar-refractivity contribution >= 4 is 28.2 Å². The quantitative estimate of drug-likeness (QED) is 0.868. The molecule has 0 atom stereocenters. The van der Waals surface area contributed by atoms with E-state index in [4.69, 9.17) is 0 Å². The summed E-state index contributed by atoms with van der Waals surface area (Å²) in [5, 5.41) is 3.25. The highest BCUT2D eigenvalue weighted by Crippen LogP contribution is 2.38. The van der Waals surface area contributed by atoms with Crippen molar-refractivity contribution in [3.8, 4) is 0 Å². The van der Waals surface area contributed by atoms with Gasteiger partial charge in [0, 0.05) is 6.42 Å². The summed E-state index contributed by atoms with van der Waals surface area (Å²) in [6.45, 7) is 8.15. The number of carbonyl (C=O) groups excluding carboxylic acids is 2. The number of hydrogen-bond donors (Lipinski definition) is 1. The number of anilines is 1. The van der Waals surface area contributed by atoms with Gasteiger partial charge in [0.05, 0.1) is 10.6 Å².